The predicted octanol–water partition coefficient (Wildman–Crippen LogP) is 3.38. The second-order valence-corrected chi connectivity index (χ2v) is 6.96. The van der Waals surface area contributed by atoms with Crippen molar-refractivity contribution in [1.82, 2.24) is 0 Å². The van der Waals surface area contributed by atoms with Gasteiger partial charge in [-0.1, -0.05) is 0 Å². The molecule has 0 spiro atoms. The number of esters is 1. The molecule has 1 aromatic heterocycles. The Labute approximate surface area is 161 Å². The maximum atomic E-state index is 12.5. The van der Waals surface area contributed by atoms with Gasteiger partial charge in [0.25, 0.3) is 0 Å². The van der Waals surface area contributed by atoms with Crippen LogP contribution in [0.2, 0.25) is 0 Å². The van der Waals surface area contributed by atoms with Crippen LogP contribution in [0.5, 0.6) is 11.5 Å². The fourth-order valence-electron chi connectivity index (χ4n) is 2.43. The SMILES string of the molecule is COc1ccc(C(=O)COC(=O)c2c(NC(C)=O)sc(C)c2C)c(OC)c1. The highest BCUT2D eigenvalue weighted by molar-refractivity contribution is 7.16. The van der Waals surface area contributed by atoms with Crippen LogP contribution in [0.4, 0.5) is 5.00 Å². The Morgan fingerprint density at radius 3 is 2.41 bits per heavy atom. The normalized spacial score (nSPS) is 10.3. The van der Waals surface area contributed by atoms with Gasteiger partial charge in [-0.2, -0.15) is 0 Å². The highest BCUT2D eigenvalue weighted by Crippen LogP contribution is 2.33. The molecule has 0 bridgehead atoms. The van der Waals surface area contributed by atoms with E-state index in [4.69, 9.17) is 14.2 Å². The molecule has 0 aliphatic carbocycles. The minimum absolute atomic E-state index is 0.266. The topological polar surface area (TPSA) is 90.9 Å². The first kappa shape index (κ1) is 20.4. The minimum Gasteiger partial charge on any atom is -0.497 e. The van der Waals surface area contributed by atoms with Crippen molar-refractivity contribution in [2.24, 2.45) is 0 Å². The van der Waals surface area contributed by atoms with Crippen molar-refractivity contribution in [3.63, 3.8) is 0 Å². The molecule has 0 aliphatic heterocycles. The number of ether oxygens (including phenoxy) is 3. The molecule has 0 atom stereocenters. The van der Waals surface area contributed by atoms with E-state index in [1.807, 2.05) is 6.92 Å². The highest BCUT2D eigenvalue weighted by Gasteiger charge is 2.23. The van der Waals surface area contributed by atoms with E-state index < -0.39 is 18.4 Å². The summed E-state index contributed by atoms with van der Waals surface area (Å²) in [5.74, 6) is -0.485. The lowest BCUT2D eigenvalue weighted by Gasteiger charge is -2.10. The second-order valence-electron chi connectivity index (χ2n) is 5.73. The average molecular weight is 391 g/mol. The van der Waals surface area contributed by atoms with Crippen molar-refractivity contribution in [3.05, 3.63) is 39.8 Å². The third-order valence-corrected chi connectivity index (χ3v) is 5.05. The summed E-state index contributed by atoms with van der Waals surface area (Å²) in [5.41, 5.74) is 1.26. The van der Waals surface area contributed by atoms with Gasteiger partial charge in [-0.05, 0) is 31.5 Å². The van der Waals surface area contributed by atoms with Crippen LogP contribution in [-0.4, -0.2) is 38.5 Å². The summed E-state index contributed by atoms with van der Waals surface area (Å²) in [4.78, 5) is 37.2. The summed E-state index contributed by atoms with van der Waals surface area (Å²) in [7, 11) is 2.95. The first-order chi connectivity index (χ1) is 12.8. The molecule has 0 fully saturated rings. The van der Waals surface area contributed by atoms with Gasteiger partial charge < -0.3 is 19.5 Å². The number of nitrogens with one attached hydrogen (secondary N) is 1. The molecule has 0 aliphatic rings. The Bertz CT molecular complexity index is 887. The Kier molecular flexibility index (Phi) is 6.57. The zero-order valence-corrected chi connectivity index (χ0v) is 16.6. The van der Waals surface area contributed by atoms with Crippen molar-refractivity contribution in [1.29, 1.82) is 0 Å². The van der Waals surface area contributed by atoms with E-state index in [9.17, 15) is 14.4 Å². The van der Waals surface area contributed by atoms with E-state index in [1.165, 1.54) is 32.5 Å². The summed E-state index contributed by atoms with van der Waals surface area (Å²) in [6.45, 7) is 4.52. The zero-order valence-electron chi connectivity index (χ0n) is 15.8. The van der Waals surface area contributed by atoms with E-state index in [0.29, 0.717) is 22.1 Å². The quantitative estimate of drug-likeness (QED) is 0.575. The van der Waals surface area contributed by atoms with E-state index in [2.05, 4.69) is 5.32 Å². The van der Waals surface area contributed by atoms with Gasteiger partial charge in [0.2, 0.25) is 11.7 Å². The number of ketones is 1. The van der Waals surface area contributed by atoms with Crippen LogP contribution < -0.4 is 14.8 Å². The standard InChI is InChI=1S/C19H21NO6S/c1-10-11(2)27-18(20-12(3)21)17(10)19(23)26-9-15(22)14-7-6-13(24-4)8-16(14)25-5/h6-8H,9H2,1-5H3,(H,20,21). The highest BCUT2D eigenvalue weighted by atomic mass is 32.1. The summed E-state index contributed by atoms with van der Waals surface area (Å²) in [6.07, 6.45) is 0. The van der Waals surface area contributed by atoms with Gasteiger partial charge in [0.15, 0.2) is 6.61 Å². The summed E-state index contributed by atoms with van der Waals surface area (Å²) in [6, 6.07) is 4.76. The van der Waals surface area contributed by atoms with Crippen molar-refractivity contribution in [2.45, 2.75) is 20.8 Å². The summed E-state index contributed by atoms with van der Waals surface area (Å²) < 4.78 is 15.5. The maximum Gasteiger partial charge on any atom is 0.341 e. The molecule has 1 N–H and O–H groups in total. The number of benzene rings is 1. The predicted molar refractivity (Wildman–Crippen MR) is 102 cm³/mol. The molecule has 1 amide bonds. The van der Waals surface area contributed by atoms with Crippen molar-refractivity contribution in [2.75, 3.05) is 26.1 Å². The smallest absolute Gasteiger partial charge is 0.341 e. The van der Waals surface area contributed by atoms with Gasteiger partial charge in [0.1, 0.15) is 16.5 Å². The molecule has 0 unspecified atom stereocenters. The van der Waals surface area contributed by atoms with Crippen molar-refractivity contribution in [3.8, 4) is 11.5 Å². The molecule has 2 aromatic rings. The van der Waals surface area contributed by atoms with E-state index in [1.54, 1.807) is 25.1 Å². The molecular weight excluding hydrogens is 370 g/mol. The number of carbonyl (C=O) groups excluding carboxylic acids is 3. The van der Waals surface area contributed by atoms with E-state index >= 15 is 0 Å². The third kappa shape index (κ3) is 4.65. The maximum absolute atomic E-state index is 12.5. The van der Waals surface area contributed by atoms with Gasteiger partial charge in [0.05, 0.1) is 25.3 Å². The Hall–Kier alpha value is -2.87. The van der Waals surface area contributed by atoms with Crippen LogP contribution in [0.3, 0.4) is 0 Å². The van der Waals surface area contributed by atoms with Crippen LogP contribution in [0, 0.1) is 13.8 Å². The van der Waals surface area contributed by atoms with Crippen molar-refractivity contribution >= 4 is 34.0 Å². The van der Waals surface area contributed by atoms with Gasteiger partial charge in [-0.15, -0.1) is 11.3 Å². The molecular formula is C19H21NO6S. The molecule has 0 saturated heterocycles. The van der Waals surface area contributed by atoms with E-state index in [-0.39, 0.29) is 17.0 Å². The summed E-state index contributed by atoms with van der Waals surface area (Å²) >= 11 is 1.29. The lowest BCUT2D eigenvalue weighted by atomic mass is 10.1. The van der Waals surface area contributed by atoms with Crippen LogP contribution in [-0.2, 0) is 9.53 Å². The number of rotatable bonds is 7. The summed E-state index contributed by atoms with van der Waals surface area (Å²) in [5, 5.41) is 3.04. The first-order valence-electron chi connectivity index (χ1n) is 8.08. The fraction of sp³-hybridized carbons (Fsp3) is 0.316. The van der Waals surface area contributed by atoms with Crippen molar-refractivity contribution < 1.29 is 28.6 Å². The Balaban J connectivity index is 2.16. The molecule has 0 radical (unpaired) electrons. The van der Waals surface area contributed by atoms with Crippen LogP contribution in [0.25, 0.3) is 0 Å². The largest absolute Gasteiger partial charge is 0.497 e. The van der Waals surface area contributed by atoms with E-state index in [0.717, 1.165) is 4.88 Å². The number of hydrogen-bond acceptors (Lipinski definition) is 7. The molecule has 7 nitrogen and oxygen atoms in total. The molecule has 0 saturated carbocycles. The second kappa shape index (κ2) is 8.68. The first-order valence-corrected chi connectivity index (χ1v) is 8.90. The number of Topliss-reactive ketones (excluding diaryl/α,β-unsaturated/α-hetero) is 1. The van der Waals surface area contributed by atoms with Gasteiger partial charge >= 0.3 is 5.97 Å². The van der Waals surface area contributed by atoms with Gasteiger partial charge in [-0.25, -0.2) is 4.79 Å². The van der Waals surface area contributed by atoms with Gasteiger partial charge in [0, 0.05) is 17.9 Å². The average Bonchev–Trinajstić information content (AvgIpc) is 2.91. The van der Waals surface area contributed by atoms with Crippen LogP contribution in [0.1, 0.15) is 38.1 Å². The number of amides is 1. The molecule has 1 heterocycles. The monoisotopic (exact) mass is 391 g/mol. The number of carbonyl (C=O) groups is 3. The fourth-order valence-corrected chi connectivity index (χ4v) is 3.53. The minimum atomic E-state index is -0.665. The van der Waals surface area contributed by atoms with Crippen LogP contribution >= 0.6 is 11.3 Å². The number of hydrogen-bond donors (Lipinski definition) is 1. The van der Waals surface area contributed by atoms with Gasteiger partial charge in [-0.3, -0.25) is 9.59 Å². The Morgan fingerprint density at radius 2 is 1.81 bits per heavy atom. The third-order valence-electron chi connectivity index (χ3n) is 3.92. The number of thiophene rings is 1. The lowest BCUT2D eigenvalue weighted by Crippen LogP contribution is -2.17. The number of anilines is 1. The molecule has 1 aromatic carbocycles. The molecule has 27 heavy (non-hydrogen) atoms. The zero-order chi connectivity index (χ0) is 20.1. The Morgan fingerprint density at radius 1 is 1.11 bits per heavy atom. The number of methoxy groups -OCH3 is 2. The number of aryl methyl sites for hydroxylation is 1. The van der Waals surface area contributed by atoms with Crippen LogP contribution in [0.15, 0.2) is 18.2 Å². The molecule has 144 valence electrons. The molecule has 8 heteroatoms. The lowest BCUT2D eigenvalue weighted by molar-refractivity contribution is -0.114. The molecule has 2 rings (SSSR count).